The van der Waals surface area contributed by atoms with Gasteiger partial charge in [-0.05, 0) is 48.5 Å². The van der Waals surface area contributed by atoms with E-state index in [-0.39, 0.29) is 10.8 Å². The molecule has 2 aromatic carbocycles. The number of anilines is 1. The Bertz CT molecular complexity index is 1310. The van der Waals surface area contributed by atoms with Crippen LogP contribution in [-0.2, 0) is 10.0 Å². The van der Waals surface area contributed by atoms with E-state index in [9.17, 15) is 13.2 Å². The van der Waals surface area contributed by atoms with Gasteiger partial charge < -0.3 is 9.73 Å². The predicted octanol–water partition coefficient (Wildman–Crippen LogP) is 4.00. The maximum absolute atomic E-state index is 13.0. The van der Waals surface area contributed by atoms with Gasteiger partial charge in [-0.2, -0.15) is 0 Å². The number of carbonyl (C=O) groups is 1. The van der Waals surface area contributed by atoms with Gasteiger partial charge >= 0.3 is 0 Å². The third kappa shape index (κ3) is 3.70. The molecular weight excluding hydrogens is 402 g/mol. The van der Waals surface area contributed by atoms with E-state index >= 15 is 0 Å². The molecular formula is C22H19N3O4S. The van der Waals surface area contributed by atoms with Crippen molar-refractivity contribution < 1.29 is 17.6 Å². The largest absolute Gasteiger partial charge is 0.463 e. The van der Waals surface area contributed by atoms with Crippen molar-refractivity contribution in [2.24, 2.45) is 0 Å². The molecule has 0 aliphatic rings. The van der Waals surface area contributed by atoms with Gasteiger partial charge in [-0.25, -0.2) is 17.7 Å². The van der Waals surface area contributed by atoms with E-state index in [0.29, 0.717) is 33.6 Å². The molecule has 4 aromatic rings. The van der Waals surface area contributed by atoms with E-state index in [0.717, 1.165) is 4.31 Å². The number of amides is 1. The van der Waals surface area contributed by atoms with Gasteiger partial charge in [0, 0.05) is 25.2 Å². The monoisotopic (exact) mass is 421 g/mol. The number of para-hydroxylation sites is 1. The summed E-state index contributed by atoms with van der Waals surface area (Å²) in [4.78, 5) is 17.8. The summed E-state index contributed by atoms with van der Waals surface area (Å²) in [6.07, 6.45) is 1.55. The minimum Gasteiger partial charge on any atom is -0.463 e. The molecule has 8 heteroatoms. The second kappa shape index (κ2) is 7.74. The lowest BCUT2D eigenvalue weighted by Crippen LogP contribution is -2.22. The van der Waals surface area contributed by atoms with Crippen LogP contribution < -0.4 is 5.32 Å². The van der Waals surface area contributed by atoms with E-state index in [1.165, 1.54) is 26.2 Å². The molecule has 2 aromatic heterocycles. The van der Waals surface area contributed by atoms with E-state index in [1.54, 1.807) is 36.6 Å². The van der Waals surface area contributed by atoms with Gasteiger partial charge in [0.1, 0.15) is 5.69 Å². The fourth-order valence-electron chi connectivity index (χ4n) is 3.03. The number of pyridine rings is 1. The zero-order valence-electron chi connectivity index (χ0n) is 16.4. The zero-order valence-corrected chi connectivity index (χ0v) is 17.2. The minimum absolute atomic E-state index is 0.153. The molecule has 30 heavy (non-hydrogen) atoms. The fourth-order valence-corrected chi connectivity index (χ4v) is 3.93. The van der Waals surface area contributed by atoms with Crippen molar-refractivity contribution in [3.8, 4) is 11.5 Å². The molecule has 0 bridgehead atoms. The summed E-state index contributed by atoms with van der Waals surface area (Å²) >= 11 is 0. The van der Waals surface area contributed by atoms with E-state index in [2.05, 4.69) is 10.3 Å². The number of furan rings is 1. The first kappa shape index (κ1) is 19.8. The average molecular weight is 421 g/mol. The SMILES string of the molecule is CN(C)S(=O)(=O)c1ccc(NC(=O)c2cc(-c3ccco3)nc3ccccc23)cc1. The van der Waals surface area contributed by atoms with Crippen LogP contribution in [0.2, 0.25) is 0 Å². The Hall–Kier alpha value is -3.49. The quantitative estimate of drug-likeness (QED) is 0.526. The van der Waals surface area contributed by atoms with Crippen LogP contribution in [0.1, 0.15) is 10.4 Å². The number of sulfonamides is 1. The van der Waals surface area contributed by atoms with E-state index < -0.39 is 10.0 Å². The molecule has 0 saturated heterocycles. The summed E-state index contributed by atoms with van der Waals surface area (Å²) in [5.74, 6) is 0.234. The molecule has 0 saturated carbocycles. The minimum atomic E-state index is -3.53. The van der Waals surface area contributed by atoms with Crippen molar-refractivity contribution in [1.82, 2.24) is 9.29 Å². The van der Waals surface area contributed by atoms with Crippen LogP contribution >= 0.6 is 0 Å². The number of fused-ring (bicyclic) bond motifs is 1. The summed E-state index contributed by atoms with van der Waals surface area (Å²) in [6, 6.07) is 18.6. The fraction of sp³-hybridized carbons (Fsp3) is 0.0909. The van der Waals surface area contributed by atoms with Crippen molar-refractivity contribution in [3.63, 3.8) is 0 Å². The van der Waals surface area contributed by atoms with Gasteiger partial charge in [0.25, 0.3) is 5.91 Å². The van der Waals surface area contributed by atoms with Gasteiger partial charge in [-0.15, -0.1) is 0 Å². The molecule has 2 heterocycles. The third-order valence-electron chi connectivity index (χ3n) is 4.63. The van der Waals surface area contributed by atoms with Gasteiger partial charge in [-0.3, -0.25) is 4.79 Å². The van der Waals surface area contributed by atoms with Crippen molar-refractivity contribution in [2.45, 2.75) is 4.90 Å². The number of carbonyl (C=O) groups excluding carboxylic acids is 1. The number of hydrogen-bond acceptors (Lipinski definition) is 5. The molecule has 4 rings (SSSR count). The number of benzene rings is 2. The Kier molecular flexibility index (Phi) is 5.11. The van der Waals surface area contributed by atoms with Gasteiger partial charge in [0.15, 0.2) is 5.76 Å². The molecule has 152 valence electrons. The van der Waals surface area contributed by atoms with Crippen LogP contribution in [0.4, 0.5) is 5.69 Å². The summed E-state index contributed by atoms with van der Waals surface area (Å²) in [6.45, 7) is 0. The Morgan fingerprint density at radius 3 is 2.40 bits per heavy atom. The molecule has 0 atom stereocenters. The Balaban J connectivity index is 1.68. The Morgan fingerprint density at radius 1 is 1.00 bits per heavy atom. The maximum atomic E-state index is 13.0. The van der Waals surface area contributed by atoms with Crippen molar-refractivity contribution >= 4 is 32.5 Å². The van der Waals surface area contributed by atoms with Crippen molar-refractivity contribution in [1.29, 1.82) is 0 Å². The van der Waals surface area contributed by atoms with Gasteiger partial charge in [0.05, 0.1) is 22.2 Å². The van der Waals surface area contributed by atoms with Crippen LogP contribution in [-0.4, -0.2) is 37.7 Å². The van der Waals surface area contributed by atoms with Crippen LogP contribution in [0.25, 0.3) is 22.4 Å². The van der Waals surface area contributed by atoms with Crippen LogP contribution in [0.3, 0.4) is 0 Å². The highest BCUT2D eigenvalue weighted by molar-refractivity contribution is 7.89. The first-order valence-corrected chi connectivity index (χ1v) is 10.6. The molecule has 0 spiro atoms. The van der Waals surface area contributed by atoms with Crippen LogP contribution in [0.15, 0.2) is 82.3 Å². The lowest BCUT2D eigenvalue weighted by molar-refractivity contribution is 0.102. The van der Waals surface area contributed by atoms with E-state index in [1.807, 2.05) is 24.3 Å². The normalized spacial score (nSPS) is 11.7. The maximum Gasteiger partial charge on any atom is 0.256 e. The van der Waals surface area contributed by atoms with Crippen LogP contribution in [0, 0.1) is 0 Å². The highest BCUT2D eigenvalue weighted by atomic mass is 32.2. The Labute approximate surface area is 174 Å². The lowest BCUT2D eigenvalue weighted by Gasteiger charge is -2.12. The number of rotatable bonds is 5. The zero-order chi connectivity index (χ0) is 21.3. The highest BCUT2D eigenvalue weighted by Gasteiger charge is 2.18. The number of nitrogens with one attached hydrogen (secondary N) is 1. The van der Waals surface area contributed by atoms with Crippen molar-refractivity contribution in [2.75, 3.05) is 19.4 Å². The van der Waals surface area contributed by atoms with Crippen molar-refractivity contribution in [3.05, 3.63) is 78.6 Å². The standard InChI is InChI=1S/C22H19N3O4S/c1-25(2)30(27,28)16-11-9-15(10-12-16)23-22(26)18-14-20(21-8-5-13-29-21)24-19-7-4-3-6-17(18)19/h3-14H,1-2H3,(H,23,26). The van der Waals surface area contributed by atoms with E-state index in [4.69, 9.17) is 4.42 Å². The van der Waals surface area contributed by atoms with Crippen LogP contribution in [0.5, 0.6) is 0 Å². The lowest BCUT2D eigenvalue weighted by atomic mass is 10.1. The average Bonchev–Trinajstić information content (AvgIpc) is 3.28. The smallest absolute Gasteiger partial charge is 0.256 e. The number of nitrogens with zero attached hydrogens (tertiary/aromatic N) is 2. The Morgan fingerprint density at radius 2 is 1.73 bits per heavy atom. The molecule has 0 unspecified atom stereocenters. The molecule has 0 aliphatic carbocycles. The van der Waals surface area contributed by atoms with Gasteiger partial charge in [0.2, 0.25) is 10.0 Å². The molecule has 1 amide bonds. The third-order valence-corrected chi connectivity index (χ3v) is 6.45. The molecule has 0 fully saturated rings. The molecule has 1 N–H and O–H groups in total. The second-order valence-electron chi connectivity index (χ2n) is 6.82. The first-order valence-electron chi connectivity index (χ1n) is 9.14. The predicted molar refractivity (Wildman–Crippen MR) is 115 cm³/mol. The summed E-state index contributed by atoms with van der Waals surface area (Å²) in [7, 11) is -0.595. The summed E-state index contributed by atoms with van der Waals surface area (Å²) in [5.41, 5.74) is 2.15. The number of aromatic nitrogens is 1. The molecule has 0 radical (unpaired) electrons. The first-order chi connectivity index (χ1) is 14.4. The highest BCUT2D eigenvalue weighted by Crippen LogP contribution is 2.26. The number of hydrogen-bond donors (Lipinski definition) is 1. The molecule has 0 aliphatic heterocycles. The molecule has 7 nitrogen and oxygen atoms in total. The summed E-state index contributed by atoms with van der Waals surface area (Å²) in [5, 5.41) is 3.53. The summed E-state index contributed by atoms with van der Waals surface area (Å²) < 4.78 is 31.0. The topological polar surface area (TPSA) is 92.5 Å². The van der Waals surface area contributed by atoms with Gasteiger partial charge in [-0.1, -0.05) is 18.2 Å². The second-order valence-corrected chi connectivity index (χ2v) is 8.97.